The molecule has 3 N–H and O–H groups in total. The van der Waals surface area contributed by atoms with Crippen LogP contribution in [0.2, 0.25) is 5.15 Å². The Morgan fingerprint density at radius 1 is 1.39 bits per heavy atom. The van der Waals surface area contributed by atoms with Gasteiger partial charge in [-0.1, -0.05) is 38.4 Å². The number of nitrogens with zero attached hydrogens (tertiary/aromatic N) is 2. The number of hydrogen-bond acceptors (Lipinski definition) is 6. The van der Waals surface area contributed by atoms with E-state index in [-0.39, 0.29) is 31.0 Å². The van der Waals surface area contributed by atoms with E-state index in [1.54, 1.807) is 18.2 Å². The molecule has 0 spiro atoms. The van der Waals surface area contributed by atoms with Crippen LogP contribution in [0, 0.1) is 5.41 Å². The lowest BCUT2D eigenvalue weighted by Crippen LogP contribution is -2.54. The van der Waals surface area contributed by atoms with E-state index in [0.717, 1.165) is 0 Å². The van der Waals surface area contributed by atoms with Crippen molar-refractivity contribution in [3.8, 4) is 5.88 Å². The number of amides is 1. The van der Waals surface area contributed by atoms with Crippen molar-refractivity contribution in [3.63, 3.8) is 0 Å². The lowest BCUT2D eigenvalue weighted by Gasteiger charge is -2.33. The van der Waals surface area contributed by atoms with E-state index >= 15 is 0 Å². The average molecular weight is 435 g/mol. The molecule has 2 rings (SSSR count). The summed E-state index contributed by atoms with van der Waals surface area (Å²) in [5.74, 6) is -0.388. The van der Waals surface area contributed by atoms with Crippen LogP contribution in [0.1, 0.15) is 40.0 Å². The van der Waals surface area contributed by atoms with Crippen molar-refractivity contribution >= 4 is 27.7 Å². The smallest absolute Gasteiger partial charge is 0.280 e. The summed E-state index contributed by atoms with van der Waals surface area (Å²) in [5, 5.41) is 9.25. The van der Waals surface area contributed by atoms with Gasteiger partial charge in [-0.25, -0.2) is 10.5 Å². The predicted molar refractivity (Wildman–Crippen MR) is 104 cm³/mol. The van der Waals surface area contributed by atoms with Gasteiger partial charge in [0.2, 0.25) is 5.88 Å². The quantitative estimate of drug-likeness (QED) is 0.341. The van der Waals surface area contributed by atoms with Gasteiger partial charge in [0.25, 0.3) is 16.1 Å². The first-order valence-electron chi connectivity index (χ1n) is 9.01. The molecule has 1 aliphatic heterocycles. The Morgan fingerprint density at radius 2 is 2.04 bits per heavy atom. The number of hydrogen-bond donors (Lipinski definition) is 3. The second kappa shape index (κ2) is 9.36. The Bertz CT molecular complexity index is 776. The largest absolute Gasteiger partial charge is 0.474 e. The molecule has 1 atom stereocenters. The molecule has 2 heterocycles. The lowest BCUT2D eigenvalue weighted by atomic mass is 9.88. The zero-order valence-electron chi connectivity index (χ0n) is 16.2. The molecule has 1 fully saturated rings. The van der Waals surface area contributed by atoms with E-state index in [1.807, 2.05) is 20.8 Å². The van der Waals surface area contributed by atoms with Gasteiger partial charge < -0.3 is 4.74 Å². The maximum Gasteiger partial charge on any atom is 0.280 e. The molecule has 28 heavy (non-hydrogen) atoms. The third-order valence-corrected chi connectivity index (χ3v) is 6.09. The van der Waals surface area contributed by atoms with Gasteiger partial charge in [0.1, 0.15) is 17.3 Å². The molecular formula is C17H27ClN4O5S. The monoisotopic (exact) mass is 434 g/mol. The highest BCUT2D eigenvalue weighted by atomic mass is 35.5. The highest BCUT2D eigenvalue weighted by Crippen LogP contribution is 2.23. The number of pyridine rings is 1. The van der Waals surface area contributed by atoms with Gasteiger partial charge in [-0.2, -0.15) is 17.4 Å². The van der Waals surface area contributed by atoms with Gasteiger partial charge in [0, 0.05) is 19.2 Å². The van der Waals surface area contributed by atoms with Crippen molar-refractivity contribution in [1.82, 2.24) is 19.5 Å². The van der Waals surface area contributed by atoms with Crippen LogP contribution in [-0.4, -0.2) is 54.1 Å². The van der Waals surface area contributed by atoms with E-state index in [2.05, 4.69) is 9.71 Å². The Morgan fingerprint density at radius 3 is 2.57 bits per heavy atom. The predicted octanol–water partition coefficient (Wildman–Crippen LogP) is 1.72. The second-order valence-corrected chi connectivity index (χ2v) is 10.0. The minimum Gasteiger partial charge on any atom is -0.474 e. The fraction of sp³-hybridized carbons (Fsp3) is 0.647. The molecule has 0 saturated carbocycles. The van der Waals surface area contributed by atoms with Crippen LogP contribution in [0.25, 0.3) is 0 Å². The Hall–Kier alpha value is -1.46. The van der Waals surface area contributed by atoms with E-state index in [9.17, 15) is 13.2 Å². The number of hydroxylamine groups is 1. The third-order valence-electron chi connectivity index (χ3n) is 4.25. The zero-order valence-corrected chi connectivity index (χ0v) is 17.8. The van der Waals surface area contributed by atoms with Gasteiger partial charge >= 0.3 is 0 Å². The van der Waals surface area contributed by atoms with Crippen LogP contribution >= 0.6 is 11.6 Å². The van der Waals surface area contributed by atoms with E-state index in [1.165, 1.54) is 9.79 Å². The van der Waals surface area contributed by atoms with Gasteiger partial charge in [-0.3, -0.25) is 10.0 Å². The number of halogens is 1. The number of nitrogens with one attached hydrogen (secondary N) is 2. The summed E-state index contributed by atoms with van der Waals surface area (Å²) in [7, 11) is -3.89. The summed E-state index contributed by atoms with van der Waals surface area (Å²) in [5.41, 5.74) is 1.21. The van der Waals surface area contributed by atoms with Crippen LogP contribution < -0.4 is 14.9 Å². The third kappa shape index (κ3) is 6.85. The lowest BCUT2D eigenvalue weighted by molar-refractivity contribution is -0.131. The van der Waals surface area contributed by atoms with E-state index in [4.69, 9.17) is 21.5 Å². The molecule has 1 amide bonds. The maximum atomic E-state index is 12.7. The molecule has 1 aromatic rings. The fourth-order valence-electron chi connectivity index (χ4n) is 2.95. The second-order valence-electron chi connectivity index (χ2n) is 7.93. The van der Waals surface area contributed by atoms with Gasteiger partial charge in [0.15, 0.2) is 0 Å². The van der Waals surface area contributed by atoms with Crippen LogP contribution in [-0.2, 0) is 15.0 Å². The summed E-state index contributed by atoms with van der Waals surface area (Å²) in [6.45, 7) is 6.12. The first-order valence-corrected chi connectivity index (χ1v) is 10.8. The topological polar surface area (TPSA) is 121 Å². The Labute approximate surface area is 170 Å². The van der Waals surface area contributed by atoms with E-state index in [0.29, 0.717) is 23.9 Å². The minimum absolute atomic E-state index is 0.177. The standard InChI is InChI=1S/C17H27ClN4O5S/c1-17(2,3)11-13(16(23)20-24)21-28(25,26)22-9-7-12(8-10-22)27-15-6-4-5-14(18)19-15/h4-6,12-13,21,24H,7-11H2,1-3H3,(H,20,23)/t13-/m1/s1. The molecule has 0 radical (unpaired) electrons. The van der Waals surface area contributed by atoms with Crippen molar-refractivity contribution in [2.45, 2.75) is 52.2 Å². The summed E-state index contributed by atoms with van der Waals surface area (Å²) >= 11 is 5.84. The molecule has 1 aromatic heterocycles. The summed E-state index contributed by atoms with van der Waals surface area (Å²) in [6, 6.07) is 4.00. The normalized spacial score (nSPS) is 17.9. The summed E-state index contributed by atoms with van der Waals surface area (Å²) < 4.78 is 34.8. The number of aromatic nitrogens is 1. The first kappa shape index (κ1) is 22.8. The molecule has 1 saturated heterocycles. The molecule has 158 valence electrons. The Balaban J connectivity index is 1.96. The average Bonchev–Trinajstić information content (AvgIpc) is 2.59. The number of rotatable bonds is 7. The fourth-order valence-corrected chi connectivity index (χ4v) is 4.50. The van der Waals surface area contributed by atoms with Crippen molar-refractivity contribution in [2.24, 2.45) is 5.41 Å². The molecule has 0 aliphatic carbocycles. The minimum atomic E-state index is -3.89. The highest BCUT2D eigenvalue weighted by Gasteiger charge is 2.34. The molecule has 0 unspecified atom stereocenters. The molecule has 0 aromatic carbocycles. The van der Waals surface area contributed by atoms with Gasteiger partial charge in [-0.15, -0.1) is 0 Å². The molecular weight excluding hydrogens is 408 g/mol. The molecule has 9 nitrogen and oxygen atoms in total. The number of ether oxygens (including phenoxy) is 1. The highest BCUT2D eigenvalue weighted by molar-refractivity contribution is 7.87. The van der Waals surface area contributed by atoms with Crippen molar-refractivity contribution in [1.29, 1.82) is 0 Å². The van der Waals surface area contributed by atoms with Crippen LogP contribution in [0.15, 0.2) is 18.2 Å². The Kier molecular flexibility index (Phi) is 7.63. The summed E-state index contributed by atoms with van der Waals surface area (Å²) in [4.78, 5) is 16.0. The molecule has 11 heteroatoms. The van der Waals surface area contributed by atoms with E-state index < -0.39 is 22.2 Å². The summed E-state index contributed by atoms with van der Waals surface area (Å²) in [6.07, 6.45) is 1.01. The number of carbonyl (C=O) groups is 1. The molecule has 1 aliphatic rings. The van der Waals surface area contributed by atoms with Crippen molar-refractivity contribution in [3.05, 3.63) is 23.4 Å². The number of carbonyl (C=O) groups excluding carboxylic acids is 1. The van der Waals surface area contributed by atoms with Crippen molar-refractivity contribution in [2.75, 3.05) is 13.1 Å². The van der Waals surface area contributed by atoms with Gasteiger partial charge in [0.05, 0.1) is 0 Å². The van der Waals surface area contributed by atoms with Crippen LogP contribution in [0.4, 0.5) is 0 Å². The number of piperidine rings is 1. The SMILES string of the molecule is CC(C)(C)C[C@@H](NS(=O)(=O)N1CCC(Oc2cccc(Cl)n2)CC1)C(=O)NO. The van der Waals surface area contributed by atoms with Gasteiger partial charge in [-0.05, 0) is 30.7 Å². The van der Waals surface area contributed by atoms with Crippen LogP contribution in [0.3, 0.4) is 0 Å². The van der Waals surface area contributed by atoms with Crippen LogP contribution in [0.5, 0.6) is 5.88 Å². The molecule has 0 bridgehead atoms. The van der Waals surface area contributed by atoms with Crippen molar-refractivity contribution < 1.29 is 23.2 Å². The zero-order chi connectivity index (χ0) is 20.9. The first-order chi connectivity index (χ1) is 13.0. The maximum absolute atomic E-state index is 12.7.